The lowest BCUT2D eigenvalue weighted by Crippen LogP contribution is -2.50. The molecule has 1 aliphatic rings. The first-order valence-corrected chi connectivity index (χ1v) is 8.31. The van der Waals surface area contributed by atoms with Crippen molar-refractivity contribution in [3.05, 3.63) is 42.0 Å². The Morgan fingerprint density at radius 2 is 1.83 bits per heavy atom. The lowest BCUT2D eigenvalue weighted by Gasteiger charge is -2.45. The molecule has 1 unspecified atom stereocenters. The molecule has 0 bridgehead atoms. The van der Waals surface area contributed by atoms with Crippen molar-refractivity contribution in [2.45, 2.75) is 31.9 Å². The van der Waals surface area contributed by atoms with Crippen molar-refractivity contribution < 1.29 is 14.2 Å². The van der Waals surface area contributed by atoms with Gasteiger partial charge in [-0.25, -0.2) is 0 Å². The standard InChI is InChI=1S/C19H23ClO3/c1-13(20)19(22-11-18(2,3)12-23-19)17-7-5-6-14-10-15(21-4)8-9-16(14)17/h5-10,13H,11-12H2,1-4H3. The summed E-state index contributed by atoms with van der Waals surface area (Å²) in [6.45, 7) is 7.39. The molecule has 1 fully saturated rings. The third kappa shape index (κ3) is 2.93. The molecule has 2 aromatic carbocycles. The Kier molecular flexibility index (Phi) is 4.30. The zero-order chi connectivity index (χ0) is 16.7. The van der Waals surface area contributed by atoms with E-state index in [1.807, 2.05) is 37.3 Å². The molecule has 3 rings (SSSR count). The van der Waals surface area contributed by atoms with E-state index in [0.29, 0.717) is 13.2 Å². The first kappa shape index (κ1) is 16.6. The van der Waals surface area contributed by atoms with Crippen LogP contribution in [0.3, 0.4) is 0 Å². The molecule has 124 valence electrons. The molecule has 0 saturated carbocycles. The van der Waals surface area contributed by atoms with Gasteiger partial charge in [0.1, 0.15) is 5.75 Å². The highest BCUT2D eigenvalue weighted by molar-refractivity contribution is 6.21. The number of ether oxygens (including phenoxy) is 3. The molecule has 23 heavy (non-hydrogen) atoms. The lowest BCUT2D eigenvalue weighted by atomic mass is 9.90. The van der Waals surface area contributed by atoms with Crippen LogP contribution in [0.4, 0.5) is 0 Å². The molecule has 4 heteroatoms. The highest BCUT2D eigenvalue weighted by atomic mass is 35.5. The van der Waals surface area contributed by atoms with Crippen LogP contribution in [0.2, 0.25) is 0 Å². The Morgan fingerprint density at radius 1 is 1.13 bits per heavy atom. The molecule has 0 amide bonds. The van der Waals surface area contributed by atoms with Crippen LogP contribution in [0.25, 0.3) is 10.8 Å². The first-order valence-electron chi connectivity index (χ1n) is 7.87. The van der Waals surface area contributed by atoms with E-state index in [1.165, 1.54) is 0 Å². The smallest absolute Gasteiger partial charge is 0.212 e. The fourth-order valence-corrected chi connectivity index (χ4v) is 3.22. The molecule has 3 nitrogen and oxygen atoms in total. The van der Waals surface area contributed by atoms with Crippen molar-refractivity contribution >= 4 is 22.4 Å². The Balaban J connectivity index is 2.12. The van der Waals surface area contributed by atoms with Gasteiger partial charge in [0.15, 0.2) is 0 Å². The van der Waals surface area contributed by atoms with Gasteiger partial charge in [-0.15, -0.1) is 11.6 Å². The van der Waals surface area contributed by atoms with Gasteiger partial charge in [0, 0.05) is 11.0 Å². The number of alkyl halides is 1. The number of fused-ring (bicyclic) bond motifs is 1. The minimum absolute atomic E-state index is 0.0108. The molecule has 1 aliphatic heterocycles. The van der Waals surface area contributed by atoms with E-state index in [9.17, 15) is 0 Å². The molecule has 0 aromatic heterocycles. The monoisotopic (exact) mass is 334 g/mol. The van der Waals surface area contributed by atoms with Crippen LogP contribution >= 0.6 is 11.6 Å². The quantitative estimate of drug-likeness (QED) is 0.761. The minimum atomic E-state index is -0.925. The van der Waals surface area contributed by atoms with E-state index < -0.39 is 5.79 Å². The second-order valence-corrected chi connectivity index (χ2v) is 7.57. The van der Waals surface area contributed by atoms with E-state index >= 15 is 0 Å². The summed E-state index contributed by atoms with van der Waals surface area (Å²) >= 11 is 6.53. The second-order valence-electron chi connectivity index (χ2n) is 6.92. The maximum absolute atomic E-state index is 6.53. The van der Waals surface area contributed by atoms with Crippen LogP contribution in [0, 0.1) is 5.41 Å². The molecule has 2 aromatic rings. The largest absolute Gasteiger partial charge is 0.497 e. The number of methoxy groups -OCH3 is 1. The Bertz CT molecular complexity index is 699. The van der Waals surface area contributed by atoms with Crippen molar-refractivity contribution in [3.8, 4) is 5.75 Å². The number of hydrogen-bond donors (Lipinski definition) is 0. The summed E-state index contributed by atoms with van der Waals surface area (Å²) in [6, 6.07) is 12.1. The van der Waals surface area contributed by atoms with Gasteiger partial charge in [-0.05, 0) is 29.8 Å². The minimum Gasteiger partial charge on any atom is -0.497 e. The number of hydrogen-bond acceptors (Lipinski definition) is 3. The summed E-state index contributed by atoms with van der Waals surface area (Å²) in [5.41, 5.74) is 0.957. The first-order chi connectivity index (χ1) is 10.9. The lowest BCUT2D eigenvalue weighted by molar-refractivity contribution is -0.306. The van der Waals surface area contributed by atoms with Gasteiger partial charge in [-0.2, -0.15) is 0 Å². The Labute approximate surface area is 142 Å². The van der Waals surface area contributed by atoms with Crippen LogP contribution in [0.1, 0.15) is 26.3 Å². The molecule has 0 N–H and O–H groups in total. The molecule has 1 saturated heterocycles. The number of halogens is 1. The molecule has 0 spiro atoms. The van der Waals surface area contributed by atoms with Gasteiger partial charge >= 0.3 is 0 Å². The third-order valence-corrected chi connectivity index (χ3v) is 4.63. The summed E-state index contributed by atoms with van der Waals surface area (Å²) in [5.74, 6) is -0.0974. The number of benzene rings is 2. The predicted molar refractivity (Wildman–Crippen MR) is 93.2 cm³/mol. The van der Waals surface area contributed by atoms with Crippen LogP contribution in [0.15, 0.2) is 36.4 Å². The summed E-state index contributed by atoms with van der Waals surface area (Å²) in [6.07, 6.45) is 0. The van der Waals surface area contributed by atoms with Crippen LogP contribution in [0.5, 0.6) is 5.75 Å². The second kappa shape index (κ2) is 5.97. The average Bonchev–Trinajstić information content (AvgIpc) is 2.54. The third-order valence-electron chi connectivity index (χ3n) is 4.34. The maximum Gasteiger partial charge on any atom is 0.212 e. The fraction of sp³-hybridized carbons (Fsp3) is 0.474. The summed E-state index contributed by atoms with van der Waals surface area (Å²) in [7, 11) is 1.67. The SMILES string of the molecule is COc1ccc2c(C3(C(C)Cl)OCC(C)(C)CO3)cccc2c1. The van der Waals surface area contributed by atoms with Gasteiger partial charge in [-0.1, -0.05) is 38.1 Å². The van der Waals surface area contributed by atoms with Crippen molar-refractivity contribution in [3.63, 3.8) is 0 Å². The molecule has 1 atom stereocenters. The normalized spacial score (nSPS) is 21.1. The van der Waals surface area contributed by atoms with Gasteiger partial charge < -0.3 is 14.2 Å². The number of rotatable bonds is 3. The predicted octanol–water partition coefficient (Wildman–Crippen LogP) is 4.70. The summed E-state index contributed by atoms with van der Waals surface area (Å²) < 4.78 is 17.7. The van der Waals surface area contributed by atoms with Gasteiger partial charge in [0.25, 0.3) is 0 Å². The van der Waals surface area contributed by atoms with Crippen molar-refractivity contribution in [1.82, 2.24) is 0 Å². The topological polar surface area (TPSA) is 27.7 Å². The highest BCUT2D eigenvalue weighted by Crippen LogP contribution is 2.43. The summed E-state index contributed by atoms with van der Waals surface area (Å²) in [4.78, 5) is 0. The van der Waals surface area contributed by atoms with Gasteiger partial charge in [0.05, 0.1) is 25.7 Å². The Hall–Kier alpha value is -1.29. The van der Waals surface area contributed by atoms with E-state index in [2.05, 4.69) is 19.9 Å². The zero-order valence-corrected chi connectivity index (χ0v) is 14.8. The maximum atomic E-state index is 6.53. The average molecular weight is 335 g/mol. The van der Waals surface area contributed by atoms with Crippen molar-refractivity contribution in [2.75, 3.05) is 20.3 Å². The Morgan fingerprint density at radius 3 is 2.43 bits per heavy atom. The molecular formula is C19H23ClO3. The van der Waals surface area contributed by atoms with Crippen LogP contribution in [-0.4, -0.2) is 25.7 Å². The van der Waals surface area contributed by atoms with E-state index in [0.717, 1.165) is 22.1 Å². The van der Waals surface area contributed by atoms with Gasteiger partial charge in [0.2, 0.25) is 5.79 Å². The van der Waals surface area contributed by atoms with E-state index in [-0.39, 0.29) is 10.8 Å². The van der Waals surface area contributed by atoms with Crippen LogP contribution in [-0.2, 0) is 15.3 Å². The fourth-order valence-electron chi connectivity index (χ4n) is 2.98. The van der Waals surface area contributed by atoms with E-state index in [4.69, 9.17) is 25.8 Å². The molecular weight excluding hydrogens is 312 g/mol. The van der Waals surface area contributed by atoms with Gasteiger partial charge in [-0.3, -0.25) is 0 Å². The molecule has 0 radical (unpaired) electrons. The highest BCUT2D eigenvalue weighted by Gasteiger charge is 2.46. The van der Waals surface area contributed by atoms with E-state index in [1.54, 1.807) is 7.11 Å². The van der Waals surface area contributed by atoms with Crippen LogP contribution < -0.4 is 4.74 Å². The van der Waals surface area contributed by atoms with Crippen molar-refractivity contribution in [2.24, 2.45) is 5.41 Å². The summed E-state index contributed by atoms with van der Waals surface area (Å²) in [5, 5.41) is 1.84. The van der Waals surface area contributed by atoms with Crippen molar-refractivity contribution in [1.29, 1.82) is 0 Å². The molecule has 0 aliphatic carbocycles. The zero-order valence-electron chi connectivity index (χ0n) is 14.1. The molecule has 1 heterocycles.